The summed E-state index contributed by atoms with van der Waals surface area (Å²) < 4.78 is 43.7. The summed E-state index contributed by atoms with van der Waals surface area (Å²) in [6.45, 7) is 4.03. The van der Waals surface area contributed by atoms with Crippen molar-refractivity contribution in [3.05, 3.63) is 47.5 Å². The summed E-state index contributed by atoms with van der Waals surface area (Å²) in [5.74, 6) is -3.56. The number of carbonyl (C=O) groups excluding carboxylic acids is 5. The van der Waals surface area contributed by atoms with Gasteiger partial charge >= 0.3 is 23.9 Å². The molecule has 0 bridgehead atoms. The Balaban J connectivity index is 2.03. The monoisotopic (exact) mass is 604 g/mol. The largest absolute Gasteiger partial charge is 0.508 e. The van der Waals surface area contributed by atoms with Gasteiger partial charge in [0, 0.05) is 45.4 Å². The molecule has 1 fully saturated rings. The van der Waals surface area contributed by atoms with Gasteiger partial charge in [0.15, 0.2) is 12.2 Å². The quantitative estimate of drug-likeness (QED) is 0.224. The van der Waals surface area contributed by atoms with Crippen molar-refractivity contribution in [2.45, 2.75) is 58.4 Å². The lowest BCUT2D eigenvalue weighted by Crippen LogP contribution is -2.63. The normalized spacial score (nSPS) is 21.1. The molecule has 2 aromatic rings. The molecule has 0 aliphatic carbocycles. The Morgan fingerprint density at radius 3 is 1.86 bits per heavy atom. The summed E-state index contributed by atoms with van der Waals surface area (Å²) in [6.07, 6.45) is -6.96. The Labute approximate surface area is 246 Å². The van der Waals surface area contributed by atoms with E-state index in [9.17, 15) is 29.1 Å². The highest BCUT2D eigenvalue weighted by Gasteiger charge is 2.53. The molecule has 1 aliphatic heterocycles. The van der Waals surface area contributed by atoms with Crippen molar-refractivity contribution in [2.75, 3.05) is 20.8 Å². The lowest BCUT2D eigenvalue weighted by Gasteiger charge is -2.43. The average Bonchev–Trinajstić information content (AvgIpc) is 2.93. The third-order valence-electron chi connectivity index (χ3n) is 6.01. The van der Waals surface area contributed by atoms with Crippen LogP contribution >= 0.6 is 0 Å². The lowest BCUT2D eigenvalue weighted by molar-refractivity contribution is -0.288. The van der Waals surface area contributed by atoms with Gasteiger partial charge in [-0.2, -0.15) is 0 Å². The summed E-state index contributed by atoms with van der Waals surface area (Å²) in [4.78, 5) is 61.1. The van der Waals surface area contributed by atoms with Crippen molar-refractivity contribution in [1.82, 2.24) is 0 Å². The third kappa shape index (κ3) is 8.35. The molecule has 14 nitrogen and oxygen atoms in total. The van der Waals surface area contributed by atoms with Gasteiger partial charge in [-0.15, -0.1) is 0 Å². The van der Waals surface area contributed by atoms with Gasteiger partial charge in [-0.3, -0.25) is 24.0 Å². The number of phenols is 1. The number of hydrogen-bond acceptors (Lipinski definition) is 14. The van der Waals surface area contributed by atoms with Crippen LogP contribution in [0.25, 0.3) is 0 Å². The smallest absolute Gasteiger partial charge is 0.303 e. The second-order valence-corrected chi connectivity index (χ2v) is 9.27. The molecule has 1 saturated heterocycles. The van der Waals surface area contributed by atoms with E-state index in [0.717, 1.165) is 27.7 Å². The zero-order valence-electron chi connectivity index (χ0n) is 24.3. The van der Waals surface area contributed by atoms with Crippen LogP contribution in [-0.4, -0.2) is 86.3 Å². The summed E-state index contributed by atoms with van der Waals surface area (Å²) >= 11 is 0. The topological polar surface area (TPSA) is 179 Å². The molecule has 43 heavy (non-hydrogen) atoms. The van der Waals surface area contributed by atoms with E-state index < -0.39 is 67.0 Å². The highest BCUT2D eigenvalue weighted by atomic mass is 16.7. The number of ketones is 1. The first kappa shape index (κ1) is 32.7. The third-order valence-corrected chi connectivity index (χ3v) is 6.01. The Hall–Kier alpha value is -4.85. The molecule has 0 unspecified atom stereocenters. The highest BCUT2D eigenvalue weighted by molar-refractivity contribution is 6.12. The fourth-order valence-corrected chi connectivity index (χ4v) is 4.39. The fraction of sp³-hybridized carbons (Fsp3) is 0.414. The van der Waals surface area contributed by atoms with Crippen LogP contribution in [0.1, 0.15) is 43.6 Å². The molecule has 3 rings (SSSR count). The van der Waals surface area contributed by atoms with E-state index in [4.69, 9.17) is 37.9 Å². The fourth-order valence-electron chi connectivity index (χ4n) is 4.39. The number of phenolic OH excluding ortho intramolecular Hbond substituents is 1. The number of aromatic hydroxyl groups is 1. The van der Waals surface area contributed by atoms with Crippen LogP contribution in [-0.2, 0) is 42.9 Å². The molecule has 1 heterocycles. The van der Waals surface area contributed by atoms with Gasteiger partial charge < -0.3 is 43.0 Å². The summed E-state index contributed by atoms with van der Waals surface area (Å²) in [5, 5.41) is 9.95. The van der Waals surface area contributed by atoms with Crippen molar-refractivity contribution < 1.29 is 67.0 Å². The van der Waals surface area contributed by atoms with E-state index in [0.29, 0.717) is 0 Å². The van der Waals surface area contributed by atoms with E-state index in [1.807, 2.05) is 0 Å². The van der Waals surface area contributed by atoms with Crippen LogP contribution in [0.4, 0.5) is 0 Å². The van der Waals surface area contributed by atoms with Crippen molar-refractivity contribution in [1.29, 1.82) is 0 Å². The first-order chi connectivity index (χ1) is 20.3. The Morgan fingerprint density at radius 1 is 0.767 bits per heavy atom. The van der Waals surface area contributed by atoms with E-state index in [2.05, 4.69) is 0 Å². The second-order valence-electron chi connectivity index (χ2n) is 9.27. The molecule has 0 spiro atoms. The Bertz CT molecular complexity index is 1340. The molecule has 232 valence electrons. The number of hydrogen-bond donors (Lipinski definition) is 1. The van der Waals surface area contributed by atoms with Crippen molar-refractivity contribution in [2.24, 2.45) is 0 Å². The molecular weight excluding hydrogens is 572 g/mol. The first-order valence-electron chi connectivity index (χ1n) is 12.9. The van der Waals surface area contributed by atoms with Gasteiger partial charge in [-0.05, 0) is 12.1 Å². The lowest BCUT2D eigenvalue weighted by atomic mass is 9.98. The van der Waals surface area contributed by atoms with Gasteiger partial charge in [0.05, 0.1) is 14.2 Å². The number of benzene rings is 2. The molecule has 0 aromatic heterocycles. The van der Waals surface area contributed by atoms with Gasteiger partial charge in [0.25, 0.3) is 0 Å². The van der Waals surface area contributed by atoms with Crippen LogP contribution in [0.15, 0.2) is 36.4 Å². The average molecular weight is 605 g/mol. The van der Waals surface area contributed by atoms with Gasteiger partial charge in [-0.25, -0.2) is 0 Å². The molecule has 2 aromatic carbocycles. The SMILES string of the molecule is COc1cc(O)cc(OC)c1C(=O)c1cccc(O[C@@H]2O[C@H](COC(C)=O)[C@@H](OC(C)=O)[C@H](OC(C)=O)[C@H]2OC(C)=O)c1. The summed E-state index contributed by atoms with van der Waals surface area (Å²) in [7, 11) is 2.66. The standard InChI is InChI=1S/C29H32O14/c1-14(30)38-13-23-26(39-15(2)31)27(40-16(3)32)28(41-17(4)33)29(43-23)42-20-9-7-8-18(10-20)25(35)24-21(36-5)11-19(34)12-22(24)37-6/h7-12,23,26-29,34H,13H2,1-6H3/t23-,26-,27+,28-,29-/m1/s1. The van der Waals surface area contributed by atoms with Crippen molar-refractivity contribution in [3.63, 3.8) is 0 Å². The maximum absolute atomic E-state index is 13.5. The number of methoxy groups -OCH3 is 2. The number of rotatable bonds is 11. The van der Waals surface area contributed by atoms with Crippen LogP contribution in [0.5, 0.6) is 23.0 Å². The predicted molar refractivity (Wildman–Crippen MR) is 144 cm³/mol. The predicted octanol–water partition coefficient (Wildman–Crippen LogP) is 2.10. The first-order valence-corrected chi connectivity index (χ1v) is 12.9. The molecule has 1 aliphatic rings. The van der Waals surface area contributed by atoms with E-state index >= 15 is 0 Å². The Kier molecular flexibility index (Phi) is 10.9. The zero-order valence-corrected chi connectivity index (χ0v) is 24.3. The van der Waals surface area contributed by atoms with E-state index in [-0.39, 0.29) is 34.1 Å². The Morgan fingerprint density at radius 2 is 1.33 bits per heavy atom. The highest BCUT2D eigenvalue weighted by Crippen LogP contribution is 2.36. The number of esters is 4. The van der Waals surface area contributed by atoms with Gasteiger partial charge in [0.1, 0.15) is 41.3 Å². The van der Waals surface area contributed by atoms with Crippen molar-refractivity contribution in [3.8, 4) is 23.0 Å². The molecule has 0 saturated carbocycles. The maximum atomic E-state index is 13.5. The van der Waals surface area contributed by atoms with Crippen LogP contribution in [0, 0.1) is 0 Å². The number of carbonyl (C=O) groups is 5. The summed E-state index contributed by atoms with van der Waals surface area (Å²) in [5.41, 5.74) is 0.151. The van der Waals surface area contributed by atoms with Crippen LogP contribution in [0.3, 0.4) is 0 Å². The second kappa shape index (κ2) is 14.4. The molecule has 5 atom stereocenters. The van der Waals surface area contributed by atoms with E-state index in [1.165, 1.54) is 50.6 Å². The molecular formula is C29H32O14. The molecule has 0 amide bonds. The number of ether oxygens (including phenoxy) is 8. The van der Waals surface area contributed by atoms with Gasteiger partial charge in [0.2, 0.25) is 18.2 Å². The van der Waals surface area contributed by atoms with E-state index in [1.54, 1.807) is 0 Å². The summed E-state index contributed by atoms with van der Waals surface area (Å²) in [6, 6.07) is 8.36. The minimum absolute atomic E-state index is 0.0345. The molecule has 0 radical (unpaired) electrons. The molecule has 14 heteroatoms. The van der Waals surface area contributed by atoms with Crippen molar-refractivity contribution >= 4 is 29.7 Å². The maximum Gasteiger partial charge on any atom is 0.303 e. The van der Waals surface area contributed by atoms with Crippen LogP contribution in [0.2, 0.25) is 0 Å². The van der Waals surface area contributed by atoms with Gasteiger partial charge in [-0.1, -0.05) is 12.1 Å². The molecule has 1 N–H and O–H groups in total. The van der Waals surface area contributed by atoms with Crippen LogP contribution < -0.4 is 14.2 Å². The minimum Gasteiger partial charge on any atom is -0.508 e. The zero-order chi connectivity index (χ0) is 31.8. The minimum atomic E-state index is -1.50.